The van der Waals surface area contributed by atoms with Gasteiger partial charge < -0.3 is 15.4 Å². The van der Waals surface area contributed by atoms with Crippen LogP contribution in [0.4, 0.5) is 20.3 Å². The van der Waals surface area contributed by atoms with Crippen molar-refractivity contribution in [3.8, 4) is 5.75 Å². The van der Waals surface area contributed by atoms with Crippen LogP contribution in [0.5, 0.6) is 5.75 Å². The first-order valence-electron chi connectivity index (χ1n) is 9.23. The number of carbonyl (C=O) groups excluding carboxylic acids is 2. The van der Waals surface area contributed by atoms with E-state index >= 15 is 0 Å². The van der Waals surface area contributed by atoms with Gasteiger partial charge in [-0.05, 0) is 56.3 Å². The number of hydrogen-bond donors (Lipinski definition) is 2. The second-order valence-corrected chi connectivity index (χ2v) is 7.20. The third-order valence-electron chi connectivity index (χ3n) is 3.99. The Kier molecular flexibility index (Phi) is 6.81. The van der Waals surface area contributed by atoms with E-state index in [9.17, 15) is 18.4 Å². The molecule has 0 aliphatic rings. The first-order valence-corrected chi connectivity index (χ1v) is 9.60. The number of ether oxygens (including phenoxy) is 1. The van der Waals surface area contributed by atoms with Crippen molar-refractivity contribution < 1.29 is 23.1 Å². The molecule has 9 heteroatoms. The minimum atomic E-state index is -0.692. The number of halogens is 3. The molecule has 2 aromatic carbocycles. The topological polar surface area (TPSA) is 80.3 Å². The summed E-state index contributed by atoms with van der Waals surface area (Å²) in [5, 5.41) is 5.45. The Morgan fingerprint density at radius 3 is 2.29 bits per heavy atom. The van der Waals surface area contributed by atoms with Gasteiger partial charge in [0.2, 0.25) is 0 Å². The van der Waals surface area contributed by atoms with Crippen LogP contribution in [0.2, 0.25) is 5.02 Å². The Morgan fingerprint density at radius 1 is 0.935 bits per heavy atom. The third kappa shape index (κ3) is 5.76. The summed E-state index contributed by atoms with van der Waals surface area (Å²) in [5.41, 5.74) is -0.0126. The average molecular weight is 446 g/mol. The van der Waals surface area contributed by atoms with Gasteiger partial charge in [0.05, 0.1) is 27.9 Å². The molecule has 0 saturated heterocycles. The highest BCUT2D eigenvalue weighted by atomic mass is 35.5. The fourth-order valence-electron chi connectivity index (χ4n) is 2.67. The summed E-state index contributed by atoms with van der Waals surface area (Å²) in [6, 6.07) is 9.83. The molecule has 3 aromatic rings. The Labute approximate surface area is 182 Å². The molecule has 2 amide bonds. The van der Waals surface area contributed by atoms with E-state index in [4.69, 9.17) is 16.3 Å². The monoisotopic (exact) mass is 445 g/mol. The van der Waals surface area contributed by atoms with E-state index in [-0.39, 0.29) is 34.5 Å². The molecule has 0 aliphatic heterocycles. The smallest absolute Gasteiger partial charge is 0.259 e. The van der Waals surface area contributed by atoms with Crippen LogP contribution >= 0.6 is 11.6 Å². The van der Waals surface area contributed by atoms with Gasteiger partial charge in [-0.1, -0.05) is 11.6 Å². The van der Waals surface area contributed by atoms with Crippen molar-refractivity contribution in [2.45, 2.75) is 20.0 Å². The third-order valence-corrected chi connectivity index (χ3v) is 4.22. The minimum absolute atomic E-state index is 0.0472. The van der Waals surface area contributed by atoms with Crippen LogP contribution < -0.4 is 15.4 Å². The highest BCUT2D eigenvalue weighted by molar-refractivity contribution is 6.30. The fraction of sp³-hybridized carbons (Fsp3) is 0.136. The van der Waals surface area contributed by atoms with Crippen LogP contribution in [0.3, 0.4) is 0 Å². The second-order valence-electron chi connectivity index (χ2n) is 6.77. The van der Waals surface area contributed by atoms with Crippen molar-refractivity contribution in [1.82, 2.24) is 4.98 Å². The molecule has 0 unspecified atom stereocenters. The van der Waals surface area contributed by atoms with E-state index in [1.807, 2.05) is 0 Å². The number of hydrogen-bond acceptors (Lipinski definition) is 4. The maximum absolute atomic E-state index is 13.8. The summed E-state index contributed by atoms with van der Waals surface area (Å²) in [4.78, 5) is 29.4. The zero-order valence-corrected chi connectivity index (χ0v) is 17.3. The van der Waals surface area contributed by atoms with Gasteiger partial charge in [-0.2, -0.15) is 0 Å². The molecule has 31 heavy (non-hydrogen) atoms. The molecule has 0 fully saturated rings. The van der Waals surface area contributed by atoms with E-state index in [2.05, 4.69) is 15.6 Å². The van der Waals surface area contributed by atoms with Gasteiger partial charge in [0.15, 0.2) is 0 Å². The van der Waals surface area contributed by atoms with Gasteiger partial charge in [-0.3, -0.25) is 9.59 Å². The van der Waals surface area contributed by atoms with Gasteiger partial charge in [-0.15, -0.1) is 0 Å². The molecule has 2 N–H and O–H groups in total. The van der Waals surface area contributed by atoms with Crippen molar-refractivity contribution in [1.29, 1.82) is 0 Å². The molecule has 0 aliphatic carbocycles. The summed E-state index contributed by atoms with van der Waals surface area (Å²) in [6.07, 6.45) is 1.04. The van der Waals surface area contributed by atoms with Crippen LogP contribution in [-0.2, 0) is 0 Å². The van der Waals surface area contributed by atoms with Gasteiger partial charge in [0, 0.05) is 12.3 Å². The van der Waals surface area contributed by atoms with Crippen molar-refractivity contribution in [3.63, 3.8) is 0 Å². The number of anilines is 2. The lowest BCUT2D eigenvalue weighted by Crippen LogP contribution is -2.20. The number of pyridine rings is 1. The van der Waals surface area contributed by atoms with Crippen LogP contribution in [-0.4, -0.2) is 22.9 Å². The molecule has 0 radical (unpaired) electrons. The standard InChI is InChI=1S/C22H18ClF2N3O3/c1-12(2)31-19-10-15(25)4-6-16(19)21(29)27-18-7-5-14(24)9-17(18)22(30)28-20-8-3-13(23)11-26-20/h3-12H,1-2H3,(H,27,29)(H,26,28,30). The van der Waals surface area contributed by atoms with E-state index < -0.39 is 23.4 Å². The summed E-state index contributed by atoms with van der Waals surface area (Å²) in [5.74, 6) is -2.33. The SMILES string of the molecule is CC(C)Oc1cc(F)ccc1C(=O)Nc1ccc(F)cc1C(=O)Nc1ccc(Cl)cn1. The molecule has 6 nitrogen and oxygen atoms in total. The maximum Gasteiger partial charge on any atom is 0.259 e. The van der Waals surface area contributed by atoms with Gasteiger partial charge in [0.25, 0.3) is 11.8 Å². The van der Waals surface area contributed by atoms with Crippen molar-refractivity contribution in [2.24, 2.45) is 0 Å². The van der Waals surface area contributed by atoms with Crippen LogP contribution in [0.1, 0.15) is 34.6 Å². The minimum Gasteiger partial charge on any atom is -0.490 e. The summed E-state index contributed by atoms with van der Waals surface area (Å²) < 4.78 is 32.9. The Bertz CT molecular complexity index is 1120. The number of benzene rings is 2. The number of aromatic nitrogens is 1. The lowest BCUT2D eigenvalue weighted by molar-refractivity contribution is 0.102. The van der Waals surface area contributed by atoms with Gasteiger partial charge >= 0.3 is 0 Å². The van der Waals surface area contributed by atoms with Crippen molar-refractivity contribution >= 4 is 34.9 Å². The molecule has 1 aromatic heterocycles. The first-order chi connectivity index (χ1) is 14.7. The molecular formula is C22H18ClF2N3O3. The first kappa shape index (κ1) is 22.2. The maximum atomic E-state index is 13.8. The van der Waals surface area contributed by atoms with E-state index in [1.165, 1.54) is 30.5 Å². The lowest BCUT2D eigenvalue weighted by atomic mass is 10.1. The number of rotatable bonds is 6. The largest absolute Gasteiger partial charge is 0.490 e. The molecule has 1 heterocycles. The van der Waals surface area contributed by atoms with Crippen LogP contribution in [0.25, 0.3) is 0 Å². The summed E-state index contributed by atoms with van der Waals surface area (Å²) in [6.45, 7) is 3.47. The van der Waals surface area contributed by atoms with E-state index in [0.717, 1.165) is 24.3 Å². The Hall–Kier alpha value is -3.52. The van der Waals surface area contributed by atoms with Gasteiger partial charge in [0.1, 0.15) is 23.2 Å². The zero-order chi connectivity index (χ0) is 22.5. The Morgan fingerprint density at radius 2 is 1.61 bits per heavy atom. The second kappa shape index (κ2) is 9.53. The van der Waals surface area contributed by atoms with Crippen LogP contribution in [0, 0.1) is 11.6 Å². The Balaban J connectivity index is 1.88. The van der Waals surface area contributed by atoms with Crippen molar-refractivity contribution in [2.75, 3.05) is 10.6 Å². The van der Waals surface area contributed by atoms with Crippen molar-refractivity contribution in [3.05, 3.63) is 82.5 Å². The molecule has 3 rings (SSSR count). The summed E-state index contributed by atoms with van der Waals surface area (Å²) in [7, 11) is 0. The molecule has 0 bridgehead atoms. The number of nitrogens with one attached hydrogen (secondary N) is 2. The molecular weight excluding hydrogens is 428 g/mol. The summed E-state index contributed by atoms with van der Waals surface area (Å²) >= 11 is 5.77. The molecule has 0 saturated carbocycles. The van der Waals surface area contributed by atoms with Gasteiger partial charge in [-0.25, -0.2) is 13.8 Å². The predicted octanol–water partition coefficient (Wildman–Crippen LogP) is 5.31. The number of carbonyl (C=O) groups is 2. The van der Waals surface area contributed by atoms with Crippen LogP contribution in [0.15, 0.2) is 54.7 Å². The quantitative estimate of drug-likeness (QED) is 0.539. The zero-order valence-electron chi connectivity index (χ0n) is 16.6. The average Bonchev–Trinajstić information content (AvgIpc) is 2.70. The molecule has 160 valence electrons. The lowest BCUT2D eigenvalue weighted by Gasteiger charge is -2.15. The highest BCUT2D eigenvalue weighted by Crippen LogP contribution is 2.25. The fourth-order valence-corrected chi connectivity index (χ4v) is 2.78. The number of nitrogens with zero attached hydrogens (tertiary/aromatic N) is 1. The molecule has 0 atom stereocenters. The van der Waals surface area contributed by atoms with E-state index in [1.54, 1.807) is 13.8 Å². The number of amides is 2. The van der Waals surface area contributed by atoms with E-state index in [0.29, 0.717) is 5.02 Å². The molecule has 0 spiro atoms. The highest BCUT2D eigenvalue weighted by Gasteiger charge is 2.19. The predicted molar refractivity (Wildman–Crippen MR) is 114 cm³/mol. The normalized spacial score (nSPS) is 10.6.